The molecule has 5 heteroatoms. The predicted octanol–water partition coefficient (Wildman–Crippen LogP) is 3.14. The predicted molar refractivity (Wildman–Crippen MR) is 105 cm³/mol. The standard InChI is InChI=1S/C22H27N3O2/c1-2-16-3-6-18(7-4-16)21-15-25(9-10-27-21)22(26)24-12-17-5-8-19-13-23-14-20(19)11-17/h3-8,11,21,23H,2,9-10,12-15H2,1H3,(H,24,26). The Hall–Kier alpha value is -2.37. The maximum atomic E-state index is 12.6. The molecule has 2 aromatic rings. The monoisotopic (exact) mass is 365 g/mol. The zero-order valence-corrected chi connectivity index (χ0v) is 15.8. The number of ether oxygens (including phenoxy) is 1. The molecule has 0 aliphatic carbocycles. The van der Waals surface area contributed by atoms with E-state index in [1.54, 1.807) is 0 Å². The Kier molecular flexibility index (Phi) is 5.41. The highest BCUT2D eigenvalue weighted by atomic mass is 16.5. The van der Waals surface area contributed by atoms with Gasteiger partial charge in [-0.25, -0.2) is 4.79 Å². The third-order valence-corrected chi connectivity index (χ3v) is 5.46. The van der Waals surface area contributed by atoms with Crippen LogP contribution in [0.1, 0.15) is 40.8 Å². The number of nitrogens with one attached hydrogen (secondary N) is 2. The van der Waals surface area contributed by atoms with Gasteiger partial charge >= 0.3 is 6.03 Å². The number of hydrogen-bond donors (Lipinski definition) is 2. The number of hydrogen-bond acceptors (Lipinski definition) is 3. The SMILES string of the molecule is CCc1ccc(C2CN(C(=O)NCc3ccc4c(c3)CNC4)CCO2)cc1. The van der Waals surface area contributed by atoms with E-state index in [2.05, 4.69) is 60.0 Å². The molecule has 2 N–H and O–H groups in total. The molecule has 0 bridgehead atoms. The summed E-state index contributed by atoms with van der Waals surface area (Å²) in [5.74, 6) is 0. The van der Waals surface area contributed by atoms with E-state index in [4.69, 9.17) is 4.74 Å². The lowest BCUT2D eigenvalue weighted by molar-refractivity contribution is -0.0154. The van der Waals surface area contributed by atoms with Gasteiger partial charge in [-0.05, 0) is 34.2 Å². The number of amides is 2. The second-order valence-electron chi connectivity index (χ2n) is 7.27. The topological polar surface area (TPSA) is 53.6 Å². The smallest absolute Gasteiger partial charge is 0.317 e. The van der Waals surface area contributed by atoms with Crippen LogP contribution in [0.5, 0.6) is 0 Å². The number of benzene rings is 2. The lowest BCUT2D eigenvalue weighted by atomic mass is 10.0. The molecule has 1 fully saturated rings. The summed E-state index contributed by atoms with van der Waals surface area (Å²) >= 11 is 0. The summed E-state index contributed by atoms with van der Waals surface area (Å²) in [5, 5.41) is 6.41. The first-order valence-corrected chi connectivity index (χ1v) is 9.77. The summed E-state index contributed by atoms with van der Waals surface area (Å²) in [6.45, 7) is 6.34. The average Bonchev–Trinajstić information content (AvgIpc) is 3.20. The van der Waals surface area contributed by atoms with Crippen molar-refractivity contribution in [1.82, 2.24) is 15.5 Å². The molecule has 1 atom stereocenters. The van der Waals surface area contributed by atoms with E-state index in [1.807, 2.05) is 4.90 Å². The van der Waals surface area contributed by atoms with Crippen molar-refractivity contribution < 1.29 is 9.53 Å². The molecule has 0 aromatic heterocycles. The molecule has 2 aliphatic rings. The van der Waals surface area contributed by atoms with E-state index in [0.717, 1.165) is 30.6 Å². The molecular formula is C22H27N3O2. The van der Waals surface area contributed by atoms with Crippen molar-refractivity contribution in [2.75, 3.05) is 19.7 Å². The normalized spacial score (nSPS) is 19.0. The Labute approximate surface area is 160 Å². The quantitative estimate of drug-likeness (QED) is 0.875. The summed E-state index contributed by atoms with van der Waals surface area (Å²) in [7, 11) is 0. The van der Waals surface area contributed by atoms with Crippen LogP contribution < -0.4 is 10.6 Å². The van der Waals surface area contributed by atoms with E-state index >= 15 is 0 Å². The zero-order chi connectivity index (χ0) is 18.6. The Morgan fingerprint density at radius 3 is 2.74 bits per heavy atom. The molecule has 2 aliphatic heterocycles. The summed E-state index contributed by atoms with van der Waals surface area (Å²) in [5.41, 5.74) is 6.29. The van der Waals surface area contributed by atoms with Gasteiger partial charge in [0.25, 0.3) is 0 Å². The van der Waals surface area contributed by atoms with Crippen molar-refractivity contribution in [2.24, 2.45) is 0 Å². The summed E-state index contributed by atoms with van der Waals surface area (Å²) in [6, 6.07) is 14.9. The summed E-state index contributed by atoms with van der Waals surface area (Å²) < 4.78 is 5.90. The molecule has 5 nitrogen and oxygen atoms in total. The minimum absolute atomic E-state index is 0.0212. The number of nitrogens with zero attached hydrogens (tertiary/aromatic N) is 1. The first kappa shape index (κ1) is 18.0. The molecule has 2 aromatic carbocycles. The van der Waals surface area contributed by atoms with Crippen LogP contribution in [0.15, 0.2) is 42.5 Å². The van der Waals surface area contributed by atoms with Crippen LogP contribution in [-0.2, 0) is 30.8 Å². The fourth-order valence-electron chi connectivity index (χ4n) is 3.75. The van der Waals surface area contributed by atoms with E-state index < -0.39 is 0 Å². The first-order chi connectivity index (χ1) is 13.2. The Morgan fingerprint density at radius 2 is 1.93 bits per heavy atom. The molecule has 2 heterocycles. The minimum Gasteiger partial charge on any atom is -0.370 e. The molecule has 27 heavy (non-hydrogen) atoms. The van der Waals surface area contributed by atoms with E-state index in [9.17, 15) is 4.79 Å². The zero-order valence-electron chi connectivity index (χ0n) is 15.8. The van der Waals surface area contributed by atoms with Gasteiger partial charge in [0, 0.05) is 26.2 Å². The molecule has 1 saturated heterocycles. The van der Waals surface area contributed by atoms with Crippen LogP contribution in [0.25, 0.3) is 0 Å². The molecule has 142 valence electrons. The summed E-state index contributed by atoms with van der Waals surface area (Å²) in [6.07, 6.45) is 0.973. The Morgan fingerprint density at radius 1 is 1.15 bits per heavy atom. The maximum absolute atomic E-state index is 12.6. The van der Waals surface area contributed by atoms with Crippen molar-refractivity contribution in [2.45, 2.75) is 39.1 Å². The summed E-state index contributed by atoms with van der Waals surface area (Å²) in [4.78, 5) is 14.5. The second kappa shape index (κ2) is 8.11. The molecule has 0 radical (unpaired) electrons. The molecule has 1 unspecified atom stereocenters. The third kappa shape index (κ3) is 4.15. The van der Waals surface area contributed by atoms with E-state index in [0.29, 0.717) is 26.2 Å². The van der Waals surface area contributed by atoms with Gasteiger partial charge in [-0.15, -0.1) is 0 Å². The molecule has 0 saturated carbocycles. The van der Waals surface area contributed by atoms with Gasteiger partial charge < -0.3 is 20.3 Å². The van der Waals surface area contributed by atoms with Gasteiger partial charge in [-0.2, -0.15) is 0 Å². The van der Waals surface area contributed by atoms with E-state index in [-0.39, 0.29) is 12.1 Å². The molecule has 0 spiro atoms. The Balaban J connectivity index is 1.34. The van der Waals surface area contributed by atoms with Gasteiger partial charge in [0.05, 0.1) is 13.2 Å². The number of carbonyl (C=O) groups excluding carboxylic acids is 1. The van der Waals surface area contributed by atoms with Crippen LogP contribution in [0.2, 0.25) is 0 Å². The van der Waals surface area contributed by atoms with Crippen molar-refractivity contribution in [3.8, 4) is 0 Å². The van der Waals surface area contributed by atoms with Gasteiger partial charge in [0.2, 0.25) is 0 Å². The lowest BCUT2D eigenvalue weighted by Crippen LogP contribution is -2.46. The van der Waals surface area contributed by atoms with Crippen LogP contribution in [-0.4, -0.2) is 30.6 Å². The fourth-order valence-corrected chi connectivity index (χ4v) is 3.75. The largest absolute Gasteiger partial charge is 0.370 e. The van der Waals surface area contributed by atoms with Crippen LogP contribution in [0.3, 0.4) is 0 Å². The number of morpholine rings is 1. The number of aryl methyl sites for hydroxylation is 1. The van der Waals surface area contributed by atoms with Crippen LogP contribution in [0.4, 0.5) is 4.79 Å². The number of urea groups is 1. The lowest BCUT2D eigenvalue weighted by Gasteiger charge is -2.33. The minimum atomic E-state index is -0.0542. The van der Waals surface area contributed by atoms with Crippen molar-refractivity contribution in [1.29, 1.82) is 0 Å². The van der Waals surface area contributed by atoms with Crippen molar-refractivity contribution in [3.63, 3.8) is 0 Å². The highest BCUT2D eigenvalue weighted by Crippen LogP contribution is 2.23. The molecular weight excluding hydrogens is 338 g/mol. The van der Waals surface area contributed by atoms with Crippen molar-refractivity contribution >= 4 is 6.03 Å². The average molecular weight is 365 g/mol. The maximum Gasteiger partial charge on any atom is 0.317 e. The van der Waals surface area contributed by atoms with Crippen LogP contribution >= 0.6 is 0 Å². The first-order valence-electron chi connectivity index (χ1n) is 9.77. The van der Waals surface area contributed by atoms with Gasteiger partial charge in [-0.1, -0.05) is 49.4 Å². The van der Waals surface area contributed by atoms with Gasteiger partial charge in [0.1, 0.15) is 6.10 Å². The second-order valence-corrected chi connectivity index (χ2v) is 7.27. The number of carbonyl (C=O) groups is 1. The molecule has 4 rings (SSSR count). The Bertz CT molecular complexity index is 804. The fraction of sp³-hybridized carbons (Fsp3) is 0.409. The highest BCUT2D eigenvalue weighted by Gasteiger charge is 2.25. The molecule has 2 amide bonds. The number of rotatable bonds is 4. The van der Waals surface area contributed by atoms with E-state index in [1.165, 1.54) is 16.7 Å². The van der Waals surface area contributed by atoms with Crippen molar-refractivity contribution in [3.05, 3.63) is 70.3 Å². The highest BCUT2D eigenvalue weighted by molar-refractivity contribution is 5.74. The third-order valence-electron chi connectivity index (χ3n) is 5.46. The van der Waals surface area contributed by atoms with Gasteiger partial charge in [-0.3, -0.25) is 0 Å². The van der Waals surface area contributed by atoms with Crippen LogP contribution in [0, 0.1) is 0 Å². The van der Waals surface area contributed by atoms with Gasteiger partial charge in [0.15, 0.2) is 0 Å². The number of fused-ring (bicyclic) bond motifs is 1.